The van der Waals surface area contributed by atoms with Crippen LogP contribution in [0.1, 0.15) is 29.9 Å². The highest BCUT2D eigenvalue weighted by molar-refractivity contribution is 7.89. The second kappa shape index (κ2) is 10.5. The van der Waals surface area contributed by atoms with E-state index in [0.717, 1.165) is 4.88 Å². The lowest BCUT2D eigenvalue weighted by Gasteiger charge is -2.18. The summed E-state index contributed by atoms with van der Waals surface area (Å²) in [5, 5.41) is 8.22. The minimum Gasteiger partial charge on any atom is -0.458 e. The van der Waals surface area contributed by atoms with Gasteiger partial charge < -0.3 is 14.6 Å². The summed E-state index contributed by atoms with van der Waals surface area (Å²) < 4.78 is 36.6. The molecule has 0 bridgehead atoms. The summed E-state index contributed by atoms with van der Waals surface area (Å²) in [6, 6.07) is 11.0. The highest BCUT2D eigenvalue weighted by Crippen LogP contribution is 2.25. The fourth-order valence-corrected chi connectivity index (χ4v) is 5.00. The first-order valence-corrected chi connectivity index (χ1v) is 12.2. The number of carbonyl (C=O) groups is 2. The number of carbonyl (C=O) groups excluding carboxylic acids is 2. The van der Waals surface area contributed by atoms with Crippen molar-refractivity contribution in [3.63, 3.8) is 0 Å². The van der Waals surface area contributed by atoms with E-state index in [4.69, 9.17) is 9.26 Å². The Bertz CT molecular complexity index is 1150. The Balaban J connectivity index is 1.49. The van der Waals surface area contributed by atoms with E-state index in [2.05, 4.69) is 10.5 Å². The number of benzene rings is 1. The van der Waals surface area contributed by atoms with Gasteiger partial charge in [-0.05, 0) is 35.7 Å². The predicted molar refractivity (Wildman–Crippen MR) is 118 cm³/mol. The van der Waals surface area contributed by atoms with Crippen molar-refractivity contribution in [2.45, 2.75) is 25.3 Å². The van der Waals surface area contributed by atoms with E-state index >= 15 is 0 Å². The van der Waals surface area contributed by atoms with E-state index in [1.165, 1.54) is 39.9 Å². The molecule has 1 aromatic carbocycles. The second-order valence-electron chi connectivity index (χ2n) is 6.62. The van der Waals surface area contributed by atoms with Gasteiger partial charge in [0.2, 0.25) is 10.0 Å². The van der Waals surface area contributed by atoms with Gasteiger partial charge in [-0.1, -0.05) is 25.1 Å². The van der Waals surface area contributed by atoms with Gasteiger partial charge in [-0.15, -0.1) is 11.3 Å². The van der Waals surface area contributed by atoms with Crippen molar-refractivity contribution < 1.29 is 27.3 Å². The molecule has 1 N–H and O–H groups in total. The molecule has 2 aromatic heterocycles. The summed E-state index contributed by atoms with van der Waals surface area (Å²) >= 11 is 1.50. The van der Waals surface area contributed by atoms with E-state index < -0.39 is 21.9 Å². The summed E-state index contributed by atoms with van der Waals surface area (Å²) in [6.45, 7) is 3.80. The molecule has 1 amide bonds. The fraction of sp³-hybridized carbons (Fsp3) is 0.286. The fourth-order valence-electron chi connectivity index (χ4n) is 2.87. The monoisotopic (exact) mass is 477 g/mol. The molecule has 32 heavy (non-hydrogen) atoms. The highest BCUT2D eigenvalue weighted by Gasteiger charge is 2.21. The normalized spacial score (nSPS) is 11.5. The third kappa shape index (κ3) is 5.61. The van der Waals surface area contributed by atoms with Crippen LogP contribution in [-0.2, 0) is 26.2 Å². The number of thiophene rings is 1. The maximum Gasteiger partial charge on any atom is 0.325 e. The molecule has 0 radical (unpaired) electrons. The lowest BCUT2D eigenvalue weighted by molar-refractivity contribution is -0.143. The number of amides is 1. The SMILES string of the molecule is CCN(CC)S(=O)(=O)c1ccc(C(=O)NCC(=O)OCc2cc(-c3cccs3)on2)cc1. The molecule has 0 fully saturated rings. The molecule has 0 saturated heterocycles. The van der Waals surface area contributed by atoms with E-state index in [9.17, 15) is 18.0 Å². The molecule has 0 atom stereocenters. The van der Waals surface area contributed by atoms with Crippen LogP contribution in [0, 0.1) is 0 Å². The molecular weight excluding hydrogens is 454 g/mol. The van der Waals surface area contributed by atoms with Crippen LogP contribution in [0.2, 0.25) is 0 Å². The van der Waals surface area contributed by atoms with E-state index in [1.807, 2.05) is 17.5 Å². The van der Waals surface area contributed by atoms with E-state index in [-0.39, 0.29) is 23.6 Å². The molecule has 0 aliphatic rings. The largest absolute Gasteiger partial charge is 0.458 e. The van der Waals surface area contributed by atoms with Gasteiger partial charge in [-0.25, -0.2) is 8.42 Å². The van der Waals surface area contributed by atoms with Crippen LogP contribution in [0.3, 0.4) is 0 Å². The first-order valence-electron chi connectivity index (χ1n) is 9.88. The van der Waals surface area contributed by atoms with Gasteiger partial charge in [0.15, 0.2) is 5.76 Å². The third-order valence-corrected chi connectivity index (χ3v) is 7.51. The summed E-state index contributed by atoms with van der Waals surface area (Å²) in [7, 11) is -3.60. The molecule has 11 heteroatoms. The molecule has 2 heterocycles. The standard InChI is InChI=1S/C21H23N3O6S2/c1-3-24(4-2)32(27,28)17-9-7-15(8-10-17)21(26)22-13-20(25)29-14-16-12-18(30-23-16)19-6-5-11-31-19/h5-12H,3-4,13-14H2,1-2H3,(H,22,26). The molecular formula is C21H23N3O6S2. The zero-order valence-electron chi connectivity index (χ0n) is 17.6. The van der Waals surface area contributed by atoms with Gasteiger partial charge in [0.05, 0.1) is 9.77 Å². The quantitative estimate of drug-likeness (QED) is 0.446. The Kier molecular flexibility index (Phi) is 7.78. The minimum absolute atomic E-state index is 0.0819. The molecule has 0 saturated carbocycles. The van der Waals surface area contributed by atoms with Crippen molar-refractivity contribution in [1.29, 1.82) is 0 Å². The maximum atomic E-state index is 12.5. The average Bonchev–Trinajstić information content (AvgIpc) is 3.48. The number of nitrogens with one attached hydrogen (secondary N) is 1. The summed E-state index contributed by atoms with van der Waals surface area (Å²) in [4.78, 5) is 25.2. The van der Waals surface area contributed by atoms with Gasteiger partial charge in [0.1, 0.15) is 18.8 Å². The van der Waals surface area contributed by atoms with Gasteiger partial charge >= 0.3 is 5.97 Å². The molecule has 0 spiro atoms. The topological polar surface area (TPSA) is 119 Å². The van der Waals surface area contributed by atoms with Gasteiger partial charge in [-0.2, -0.15) is 4.31 Å². The lowest BCUT2D eigenvalue weighted by Crippen LogP contribution is -2.31. The Labute approximate surface area is 190 Å². The van der Waals surface area contributed by atoms with E-state index in [0.29, 0.717) is 24.5 Å². The molecule has 0 aliphatic heterocycles. The molecule has 3 aromatic rings. The number of esters is 1. The molecule has 170 valence electrons. The number of sulfonamides is 1. The minimum atomic E-state index is -3.60. The number of ether oxygens (including phenoxy) is 1. The van der Waals surface area contributed by atoms with Crippen molar-refractivity contribution >= 4 is 33.2 Å². The van der Waals surface area contributed by atoms with Crippen LogP contribution >= 0.6 is 11.3 Å². The molecule has 9 nitrogen and oxygen atoms in total. The lowest BCUT2D eigenvalue weighted by atomic mass is 10.2. The van der Waals surface area contributed by atoms with Gasteiger partial charge in [0.25, 0.3) is 5.91 Å². The second-order valence-corrected chi connectivity index (χ2v) is 9.50. The summed E-state index contributed by atoms with van der Waals surface area (Å²) in [5.41, 5.74) is 0.687. The van der Waals surface area contributed by atoms with Crippen LogP contribution in [-0.4, -0.2) is 49.4 Å². The van der Waals surface area contributed by atoms with Gasteiger partial charge in [0, 0.05) is 24.7 Å². The summed E-state index contributed by atoms with van der Waals surface area (Å²) in [5.74, 6) is -0.569. The van der Waals surface area contributed by atoms with Crippen molar-refractivity contribution in [3.05, 3.63) is 59.1 Å². The van der Waals surface area contributed by atoms with Crippen LogP contribution in [0.25, 0.3) is 10.6 Å². The number of aromatic nitrogens is 1. The molecule has 0 aliphatic carbocycles. The number of rotatable bonds is 10. The third-order valence-electron chi connectivity index (χ3n) is 4.56. The molecule has 0 unspecified atom stereocenters. The van der Waals surface area contributed by atoms with Crippen LogP contribution < -0.4 is 5.32 Å². The van der Waals surface area contributed by atoms with Crippen molar-refractivity contribution in [2.24, 2.45) is 0 Å². The van der Waals surface area contributed by atoms with Crippen LogP contribution in [0.5, 0.6) is 0 Å². The zero-order valence-corrected chi connectivity index (χ0v) is 19.2. The number of hydrogen-bond acceptors (Lipinski definition) is 8. The Morgan fingerprint density at radius 3 is 2.50 bits per heavy atom. The highest BCUT2D eigenvalue weighted by atomic mass is 32.2. The number of hydrogen-bond donors (Lipinski definition) is 1. The number of nitrogens with zero attached hydrogens (tertiary/aromatic N) is 2. The van der Waals surface area contributed by atoms with Crippen molar-refractivity contribution in [1.82, 2.24) is 14.8 Å². The Morgan fingerprint density at radius 2 is 1.88 bits per heavy atom. The summed E-state index contributed by atoms with van der Waals surface area (Å²) in [6.07, 6.45) is 0. The van der Waals surface area contributed by atoms with E-state index in [1.54, 1.807) is 19.9 Å². The average molecular weight is 478 g/mol. The van der Waals surface area contributed by atoms with Crippen LogP contribution in [0.15, 0.2) is 57.3 Å². The first kappa shape index (κ1) is 23.6. The maximum absolute atomic E-state index is 12.5. The van der Waals surface area contributed by atoms with Crippen molar-refractivity contribution in [2.75, 3.05) is 19.6 Å². The Hall–Kier alpha value is -3.02. The Morgan fingerprint density at radius 1 is 1.16 bits per heavy atom. The van der Waals surface area contributed by atoms with Crippen LogP contribution in [0.4, 0.5) is 0 Å². The molecule has 3 rings (SSSR count). The predicted octanol–water partition coefficient (Wildman–Crippen LogP) is 2.91. The zero-order chi connectivity index (χ0) is 23.1. The smallest absolute Gasteiger partial charge is 0.325 e. The van der Waals surface area contributed by atoms with Gasteiger partial charge in [-0.3, -0.25) is 9.59 Å². The first-order chi connectivity index (χ1) is 15.3. The van der Waals surface area contributed by atoms with Crippen molar-refractivity contribution in [3.8, 4) is 10.6 Å².